The second-order valence-corrected chi connectivity index (χ2v) is 10.9. The number of carbonyl (C=O) groups excluding carboxylic acids is 2. The summed E-state index contributed by atoms with van der Waals surface area (Å²) in [7, 11) is 0. The number of piperidine rings is 1. The van der Waals surface area contributed by atoms with E-state index in [0.717, 1.165) is 43.5 Å². The van der Waals surface area contributed by atoms with Crippen molar-refractivity contribution >= 4 is 17.6 Å². The van der Waals surface area contributed by atoms with Crippen molar-refractivity contribution in [3.8, 4) is 0 Å². The molecule has 0 saturated carbocycles. The number of aromatic nitrogens is 2. The van der Waals surface area contributed by atoms with E-state index in [4.69, 9.17) is 5.73 Å². The van der Waals surface area contributed by atoms with Gasteiger partial charge in [0.2, 0.25) is 5.91 Å². The van der Waals surface area contributed by atoms with E-state index in [0.29, 0.717) is 37.2 Å². The zero-order valence-corrected chi connectivity index (χ0v) is 21.4. The Morgan fingerprint density at radius 2 is 1.74 bits per heavy atom. The zero-order valence-electron chi connectivity index (χ0n) is 21.4. The minimum atomic E-state index is -0.203. The van der Waals surface area contributed by atoms with Crippen LogP contribution in [0.4, 0.5) is 5.82 Å². The number of anilines is 1. The van der Waals surface area contributed by atoms with Gasteiger partial charge in [0, 0.05) is 37.8 Å². The van der Waals surface area contributed by atoms with Crippen LogP contribution >= 0.6 is 0 Å². The Morgan fingerprint density at radius 1 is 1.06 bits per heavy atom. The van der Waals surface area contributed by atoms with E-state index < -0.39 is 0 Å². The Hall–Kier alpha value is -3.00. The molecule has 35 heavy (non-hydrogen) atoms. The molecule has 4 rings (SSSR count). The van der Waals surface area contributed by atoms with Gasteiger partial charge in [0.05, 0.1) is 5.92 Å². The first-order valence-electron chi connectivity index (χ1n) is 12.6. The van der Waals surface area contributed by atoms with Crippen LogP contribution < -0.4 is 11.1 Å². The predicted octanol–water partition coefficient (Wildman–Crippen LogP) is 3.11. The average molecular weight is 479 g/mol. The number of nitrogens with two attached hydrogens (primary N) is 1. The van der Waals surface area contributed by atoms with Gasteiger partial charge in [-0.15, -0.1) is 0 Å². The molecule has 1 atom stereocenters. The highest BCUT2D eigenvalue weighted by atomic mass is 16.2. The van der Waals surface area contributed by atoms with Crippen LogP contribution in [0.25, 0.3) is 0 Å². The molecule has 0 unspecified atom stereocenters. The molecule has 8 nitrogen and oxygen atoms in total. The number of hydrogen-bond acceptors (Lipinski definition) is 6. The molecule has 0 spiro atoms. The van der Waals surface area contributed by atoms with Crippen molar-refractivity contribution in [3.63, 3.8) is 0 Å². The van der Waals surface area contributed by atoms with Gasteiger partial charge < -0.3 is 16.0 Å². The molecule has 2 aliphatic heterocycles. The van der Waals surface area contributed by atoms with Crippen LogP contribution in [0, 0.1) is 12.8 Å². The fourth-order valence-corrected chi connectivity index (χ4v) is 5.09. The van der Waals surface area contributed by atoms with Gasteiger partial charge in [-0.2, -0.15) is 0 Å². The van der Waals surface area contributed by atoms with Crippen LogP contribution in [0.3, 0.4) is 0 Å². The first-order valence-corrected chi connectivity index (χ1v) is 12.6. The second-order valence-electron chi connectivity index (χ2n) is 10.9. The van der Waals surface area contributed by atoms with Crippen LogP contribution in [-0.4, -0.2) is 63.8 Å². The van der Waals surface area contributed by atoms with E-state index in [9.17, 15) is 9.59 Å². The zero-order chi connectivity index (χ0) is 25.2. The Morgan fingerprint density at radius 3 is 2.34 bits per heavy atom. The molecular weight excluding hydrogens is 440 g/mol. The van der Waals surface area contributed by atoms with Crippen molar-refractivity contribution in [2.45, 2.75) is 65.0 Å². The molecule has 8 heteroatoms. The second kappa shape index (κ2) is 10.3. The van der Waals surface area contributed by atoms with Crippen LogP contribution in [0.5, 0.6) is 0 Å². The third-order valence-electron chi connectivity index (χ3n) is 7.46. The van der Waals surface area contributed by atoms with Gasteiger partial charge in [-0.1, -0.05) is 45.0 Å². The minimum Gasteiger partial charge on any atom is -0.369 e. The van der Waals surface area contributed by atoms with Crippen LogP contribution in [0.15, 0.2) is 30.6 Å². The molecule has 2 fully saturated rings. The number of amides is 2. The number of benzene rings is 1. The molecule has 3 heterocycles. The van der Waals surface area contributed by atoms with Crippen molar-refractivity contribution in [1.82, 2.24) is 19.8 Å². The lowest BCUT2D eigenvalue weighted by Gasteiger charge is -2.36. The van der Waals surface area contributed by atoms with E-state index in [1.54, 1.807) is 0 Å². The lowest BCUT2D eigenvalue weighted by atomic mass is 9.87. The third kappa shape index (κ3) is 5.81. The number of hydrogen-bond donors (Lipinski definition) is 2. The maximum absolute atomic E-state index is 13.3. The number of nitrogens with one attached hydrogen (secondary N) is 1. The standard InChI is InChI=1S/C27H38N6O2/c1-18-23(26(35)32-13-10-22(11-14-32)33-12-9-20(16-33)24(28)34)30-17-31-25(18)29-15-19-5-7-21(8-6-19)27(2,3)4/h5-8,17,20,22H,9-16H2,1-4H3,(H2,28,34)(H,29,30,31)/t20-/m1/s1. The maximum Gasteiger partial charge on any atom is 0.272 e. The molecule has 1 aromatic carbocycles. The summed E-state index contributed by atoms with van der Waals surface area (Å²) in [5.74, 6) is 0.399. The van der Waals surface area contributed by atoms with E-state index in [1.807, 2.05) is 11.8 Å². The minimum absolute atomic E-state index is 0.0410. The molecule has 3 N–H and O–H groups in total. The number of primary amides is 1. The molecule has 2 amide bonds. The summed E-state index contributed by atoms with van der Waals surface area (Å²) in [5, 5.41) is 3.38. The van der Waals surface area contributed by atoms with Gasteiger partial charge in [0.1, 0.15) is 17.8 Å². The Kier molecular flexibility index (Phi) is 7.40. The largest absolute Gasteiger partial charge is 0.369 e. The summed E-state index contributed by atoms with van der Waals surface area (Å²) in [6, 6.07) is 8.99. The smallest absolute Gasteiger partial charge is 0.272 e. The highest BCUT2D eigenvalue weighted by Crippen LogP contribution is 2.26. The molecule has 188 valence electrons. The fourth-order valence-electron chi connectivity index (χ4n) is 5.09. The fraction of sp³-hybridized carbons (Fsp3) is 0.556. The number of carbonyl (C=O) groups is 2. The van der Waals surface area contributed by atoms with Crippen molar-refractivity contribution < 1.29 is 9.59 Å². The van der Waals surface area contributed by atoms with Gasteiger partial charge in [-0.25, -0.2) is 9.97 Å². The quantitative estimate of drug-likeness (QED) is 0.661. The first kappa shape index (κ1) is 25.1. The summed E-state index contributed by atoms with van der Waals surface area (Å²) >= 11 is 0. The maximum atomic E-state index is 13.3. The Balaban J connectivity index is 1.34. The molecule has 0 aliphatic carbocycles. The van der Waals surface area contributed by atoms with E-state index >= 15 is 0 Å². The summed E-state index contributed by atoms with van der Waals surface area (Å²) in [4.78, 5) is 37.7. The topological polar surface area (TPSA) is 104 Å². The first-order chi connectivity index (χ1) is 16.6. The normalized spacial score (nSPS) is 19.7. The van der Waals surface area contributed by atoms with Gasteiger partial charge in [0.25, 0.3) is 5.91 Å². The van der Waals surface area contributed by atoms with Gasteiger partial charge >= 0.3 is 0 Å². The molecule has 0 radical (unpaired) electrons. The number of rotatable bonds is 6. The van der Waals surface area contributed by atoms with E-state index in [-0.39, 0.29) is 23.1 Å². The highest BCUT2D eigenvalue weighted by Gasteiger charge is 2.34. The van der Waals surface area contributed by atoms with Crippen molar-refractivity contribution in [2.24, 2.45) is 11.7 Å². The number of nitrogens with zero attached hydrogens (tertiary/aromatic N) is 4. The molecule has 2 aliphatic rings. The molecule has 2 aromatic rings. The number of likely N-dealkylation sites (tertiary alicyclic amines) is 2. The van der Waals surface area contributed by atoms with Crippen LogP contribution in [-0.2, 0) is 16.8 Å². The molecular formula is C27H38N6O2. The third-order valence-corrected chi connectivity index (χ3v) is 7.46. The van der Waals surface area contributed by atoms with Crippen molar-refractivity contribution in [1.29, 1.82) is 0 Å². The molecule has 2 saturated heterocycles. The van der Waals surface area contributed by atoms with Gasteiger partial charge in [-0.05, 0) is 49.3 Å². The summed E-state index contributed by atoms with van der Waals surface area (Å²) in [6.45, 7) is 12.2. The van der Waals surface area contributed by atoms with E-state index in [2.05, 4.69) is 65.2 Å². The average Bonchev–Trinajstić information content (AvgIpc) is 3.34. The Bertz CT molecular complexity index is 1050. The van der Waals surface area contributed by atoms with Crippen LogP contribution in [0.2, 0.25) is 0 Å². The van der Waals surface area contributed by atoms with Crippen molar-refractivity contribution in [2.75, 3.05) is 31.5 Å². The van der Waals surface area contributed by atoms with Gasteiger partial charge in [0.15, 0.2) is 0 Å². The lowest BCUT2D eigenvalue weighted by molar-refractivity contribution is -0.121. The lowest BCUT2D eigenvalue weighted by Crippen LogP contribution is -2.46. The SMILES string of the molecule is Cc1c(NCc2ccc(C(C)(C)C)cc2)ncnc1C(=O)N1CCC(N2CC[C@@H](C(N)=O)C2)CC1. The summed E-state index contributed by atoms with van der Waals surface area (Å²) < 4.78 is 0. The highest BCUT2D eigenvalue weighted by molar-refractivity contribution is 5.94. The van der Waals surface area contributed by atoms with Crippen LogP contribution in [0.1, 0.15) is 67.2 Å². The predicted molar refractivity (Wildman–Crippen MR) is 137 cm³/mol. The summed E-state index contributed by atoms with van der Waals surface area (Å²) in [5.41, 5.74) is 9.30. The molecule has 0 bridgehead atoms. The monoisotopic (exact) mass is 478 g/mol. The van der Waals surface area contributed by atoms with Crippen molar-refractivity contribution in [3.05, 3.63) is 53.0 Å². The van der Waals surface area contributed by atoms with E-state index in [1.165, 1.54) is 11.9 Å². The van der Waals surface area contributed by atoms with Gasteiger partial charge in [-0.3, -0.25) is 14.5 Å². The molecule has 1 aromatic heterocycles. The summed E-state index contributed by atoms with van der Waals surface area (Å²) in [6.07, 6.45) is 4.10. The Labute approximate surface area is 208 Å².